The van der Waals surface area contributed by atoms with Crippen molar-refractivity contribution in [3.8, 4) is 18.4 Å². The summed E-state index contributed by atoms with van der Waals surface area (Å²) in [4.78, 5) is 40.7. The Hall–Kier alpha value is -2.87. The second kappa shape index (κ2) is 6.34. The number of carbonyl (C=O) groups excluding carboxylic acids is 3. The van der Waals surface area contributed by atoms with Crippen molar-refractivity contribution in [1.82, 2.24) is 15.1 Å². The Bertz CT molecular complexity index is 554. The topological polar surface area (TPSA) is 106 Å². The number of amidine groups is 1. The molecule has 1 N–H and O–H groups in total. The van der Waals surface area contributed by atoms with Gasteiger partial charge in [-0.25, -0.2) is 4.79 Å². The van der Waals surface area contributed by atoms with Crippen LogP contribution in [-0.4, -0.2) is 60.7 Å². The first-order valence-electron chi connectivity index (χ1n) is 5.63. The van der Waals surface area contributed by atoms with Gasteiger partial charge in [0.1, 0.15) is 12.4 Å². The van der Waals surface area contributed by atoms with Crippen LogP contribution in [0.2, 0.25) is 0 Å². The Labute approximate surface area is 116 Å². The molecule has 8 nitrogen and oxygen atoms in total. The fraction of sp³-hybridized carbons (Fsp3) is 0.417. The number of nitrogens with zero attached hydrogens (tertiary/aromatic N) is 4. The third-order valence-corrected chi connectivity index (χ3v) is 2.65. The number of aliphatic imine (C=N–C) groups is 1. The van der Waals surface area contributed by atoms with E-state index >= 15 is 0 Å². The lowest BCUT2D eigenvalue weighted by Gasteiger charge is -2.32. The molecule has 1 aliphatic heterocycles. The predicted molar refractivity (Wildman–Crippen MR) is 69.2 cm³/mol. The molecule has 1 aliphatic rings. The van der Waals surface area contributed by atoms with Crippen molar-refractivity contribution in [2.45, 2.75) is 0 Å². The summed E-state index contributed by atoms with van der Waals surface area (Å²) in [5.74, 6) is -0.150. The number of rotatable bonds is 3. The zero-order chi connectivity index (χ0) is 15.3. The van der Waals surface area contributed by atoms with Crippen LogP contribution in [0.15, 0.2) is 4.99 Å². The zero-order valence-corrected chi connectivity index (χ0v) is 11.1. The van der Waals surface area contributed by atoms with Crippen molar-refractivity contribution in [2.24, 2.45) is 10.9 Å². The Balaban J connectivity index is 2.93. The molecule has 1 saturated heterocycles. The molecule has 1 rings (SSSR count). The van der Waals surface area contributed by atoms with E-state index in [0.717, 1.165) is 9.80 Å². The molecule has 1 fully saturated rings. The summed E-state index contributed by atoms with van der Waals surface area (Å²) in [7, 11) is 2.66. The Morgan fingerprint density at radius 1 is 1.45 bits per heavy atom. The lowest BCUT2D eigenvalue weighted by molar-refractivity contribution is -0.129. The molecule has 104 valence electrons. The van der Waals surface area contributed by atoms with Gasteiger partial charge in [0, 0.05) is 14.1 Å². The van der Waals surface area contributed by atoms with Crippen LogP contribution in [0, 0.1) is 29.6 Å². The van der Waals surface area contributed by atoms with E-state index in [1.165, 1.54) is 14.1 Å². The molecule has 0 spiro atoms. The zero-order valence-electron chi connectivity index (χ0n) is 11.1. The molecular formula is C12H13N5O3. The van der Waals surface area contributed by atoms with E-state index in [4.69, 9.17) is 11.7 Å². The molecule has 0 aliphatic carbocycles. The number of hydrogen-bond acceptors (Lipinski definition) is 5. The molecule has 1 unspecified atom stereocenters. The van der Waals surface area contributed by atoms with Crippen LogP contribution < -0.4 is 5.32 Å². The second-order valence-electron chi connectivity index (χ2n) is 3.96. The van der Waals surface area contributed by atoms with E-state index in [2.05, 4.69) is 16.2 Å². The van der Waals surface area contributed by atoms with E-state index in [1.54, 1.807) is 6.07 Å². The van der Waals surface area contributed by atoms with Crippen molar-refractivity contribution >= 4 is 23.7 Å². The largest absolute Gasteiger partial charge is 0.344 e. The number of nitriles is 1. The van der Waals surface area contributed by atoms with Crippen LogP contribution in [0.1, 0.15) is 0 Å². The fourth-order valence-electron chi connectivity index (χ4n) is 1.58. The van der Waals surface area contributed by atoms with E-state index in [9.17, 15) is 14.4 Å². The number of amides is 4. The molecule has 0 saturated carbocycles. The van der Waals surface area contributed by atoms with Crippen LogP contribution in [0.5, 0.6) is 0 Å². The van der Waals surface area contributed by atoms with E-state index in [1.807, 2.05) is 0 Å². The van der Waals surface area contributed by atoms with Crippen molar-refractivity contribution < 1.29 is 14.4 Å². The van der Waals surface area contributed by atoms with Crippen molar-refractivity contribution in [1.29, 1.82) is 5.26 Å². The van der Waals surface area contributed by atoms with Gasteiger partial charge < -0.3 is 5.32 Å². The van der Waals surface area contributed by atoms with Gasteiger partial charge in [-0.05, 0) is 0 Å². The molecule has 0 aromatic heterocycles. The number of imide groups is 1. The molecule has 0 aromatic carbocycles. The maximum atomic E-state index is 11.8. The summed E-state index contributed by atoms with van der Waals surface area (Å²) < 4.78 is 0. The smallest absolute Gasteiger partial charge is 0.331 e. The average Bonchev–Trinajstić information content (AvgIpc) is 2.45. The minimum atomic E-state index is -1.21. The fourth-order valence-corrected chi connectivity index (χ4v) is 1.58. The number of nitrogens with one attached hydrogen (secondary N) is 1. The SMILES string of the molecule is C#CCNC(=O)CN=C1C(C#N)C(=O)N(C)C(=O)N1C. The minimum absolute atomic E-state index is 0.0449. The summed E-state index contributed by atoms with van der Waals surface area (Å²) in [5, 5.41) is 11.4. The van der Waals surface area contributed by atoms with Gasteiger partial charge in [0.15, 0.2) is 5.92 Å². The highest BCUT2D eigenvalue weighted by Gasteiger charge is 2.40. The third kappa shape index (κ3) is 2.93. The molecule has 0 bridgehead atoms. The summed E-state index contributed by atoms with van der Waals surface area (Å²) in [6.07, 6.45) is 4.99. The number of hydrogen-bond donors (Lipinski definition) is 1. The normalized spacial score (nSPS) is 20.6. The lowest BCUT2D eigenvalue weighted by Crippen LogP contribution is -2.56. The van der Waals surface area contributed by atoms with Gasteiger partial charge in [-0.2, -0.15) is 5.26 Å². The van der Waals surface area contributed by atoms with Gasteiger partial charge in [-0.3, -0.25) is 24.4 Å². The molecule has 4 amide bonds. The maximum absolute atomic E-state index is 11.8. The quantitative estimate of drug-likeness (QED) is 0.653. The van der Waals surface area contributed by atoms with Crippen LogP contribution in [0.3, 0.4) is 0 Å². The minimum Gasteiger partial charge on any atom is -0.344 e. The van der Waals surface area contributed by atoms with Crippen molar-refractivity contribution in [2.75, 3.05) is 27.2 Å². The van der Waals surface area contributed by atoms with Gasteiger partial charge >= 0.3 is 6.03 Å². The first-order chi connectivity index (χ1) is 9.43. The third-order valence-electron chi connectivity index (χ3n) is 2.65. The van der Waals surface area contributed by atoms with Gasteiger partial charge in [-0.1, -0.05) is 5.92 Å². The van der Waals surface area contributed by atoms with Gasteiger partial charge in [0.25, 0.3) is 5.91 Å². The molecule has 0 aromatic rings. The molecule has 1 heterocycles. The summed E-state index contributed by atoms with van der Waals surface area (Å²) in [6, 6.07) is 1.16. The van der Waals surface area contributed by atoms with E-state index in [0.29, 0.717) is 0 Å². The molecular weight excluding hydrogens is 262 g/mol. The molecule has 1 atom stereocenters. The first-order valence-corrected chi connectivity index (χ1v) is 5.63. The highest BCUT2D eigenvalue weighted by molar-refractivity contribution is 6.19. The number of urea groups is 1. The standard InChI is InChI=1S/C12H13N5O3/c1-4-5-14-9(18)7-15-10-8(6-13)11(19)17(3)12(20)16(10)2/h1,8H,5,7H2,2-3H3,(H,14,18). The van der Waals surface area contributed by atoms with Crippen LogP contribution in [0.25, 0.3) is 0 Å². The maximum Gasteiger partial charge on any atom is 0.331 e. The second-order valence-corrected chi connectivity index (χ2v) is 3.96. The Kier molecular flexibility index (Phi) is 4.82. The van der Waals surface area contributed by atoms with Gasteiger partial charge in [0.05, 0.1) is 12.6 Å². The van der Waals surface area contributed by atoms with Gasteiger partial charge in [0.2, 0.25) is 5.91 Å². The van der Waals surface area contributed by atoms with Crippen molar-refractivity contribution in [3.05, 3.63) is 0 Å². The summed E-state index contributed by atoms with van der Waals surface area (Å²) in [6.45, 7) is -0.258. The van der Waals surface area contributed by atoms with Gasteiger partial charge in [-0.15, -0.1) is 6.42 Å². The van der Waals surface area contributed by atoms with Crippen LogP contribution in [-0.2, 0) is 9.59 Å². The summed E-state index contributed by atoms with van der Waals surface area (Å²) in [5.41, 5.74) is 0. The molecule has 20 heavy (non-hydrogen) atoms. The first kappa shape index (κ1) is 15.2. The highest BCUT2D eigenvalue weighted by atomic mass is 16.2. The molecule has 0 radical (unpaired) electrons. The Morgan fingerprint density at radius 3 is 2.65 bits per heavy atom. The number of carbonyl (C=O) groups is 3. The number of terminal acetylenes is 1. The monoisotopic (exact) mass is 275 g/mol. The Morgan fingerprint density at radius 2 is 2.10 bits per heavy atom. The van der Waals surface area contributed by atoms with E-state index in [-0.39, 0.29) is 18.9 Å². The molecule has 8 heteroatoms. The predicted octanol–water partition coefficient (Wildman–Crippen LogP) is -1.20. The average molecular weight is 275 g/mol. The van der Waals surface area contributed by atoms with Crippen LogP contribution >= 0.6 is 0 Å². The highest BCUT2D eigenvalue weighted by Crippen LogP contribution is 2.15. The van der Waals surface area contributed by atoms with E-state index < -0.39 is 23.8 Å². The lowest BCUT2D eigenvalue weighted by atomic mass is 10.1. The van der Waals surface area contributed by atoms with Crippen LogP contribution in [0.4, 0.5) is 4.79 Å². The summed E-state index contributed by atoms with van der Waals surface area (Å²) >= 11 is 0. The van der Waals surface area contributed by atoms with Crippen molar-refractivity contribution in [3.63, 3.8) is 0 Å².